The van der Waals surface area contributed by atoms with E-state index in [2.05, 4.69) is 4.98 Å². The van der Waals surface area contributed by atoms with Crippen LogP contribution in [0.4, 0.5) is 5.69 Å². The quantitative estimate of drug-likeness (QED) is 0.456. The number of fused-ring (bicyclic) bond motifs is 1. The Morgan fingerprint density at radius 2 is 2.08 bits per heavy atom. The minimum atomic E-state index is -1.20. The lowest BCUT2D eigenvalue weighted by Gasteiger charge is -2.06. The van der Waals surface area contributed by atoms with Crippen LogP contribution < -0.4 is 5.11 Å². The van der Waals surface area contributed by atoms with Gasteiger partial charge in [-0.15, -0.1) is 23.1 Å². The van der Waals surface area contributed by atoms with E-state index < -0.39 is 10.9 Å². The lowest BCUT2D eigenvalue weighted by molar-refractivity contribution is -0.384. The van der Waals surface area contributed by atoms with Crippen molar-refractivity contribution < 1.29 is 14.8 Å². The summed E-state index contributed by atoms with van der Waals surface area (Å²) in [6, 6.07) is 12.0. The molecular formula is C17H10ClN2O4S2-. The number of carbonyl (C=O) groups excluding carboxylic acids is 1. The summed E-state index contributed by atoms with van der Waals surface area (Å²) in [6.45, 7) is 0. The van der Waals surface area contributed by atoms with Crippen molar-refractivity contribution in [3.63, 3.8) is 0 Å². The number of carbonyl (C=O) groups is 1. The van der Waals surface area contributed by atoms with Gasteiger partial charge in [-0.3, -0.25) is 10.1 Å². The van der Waals surface area contributed by atoms with Gasteiger partial charge in [0, 0.05) is 16.7 Å². The number of nitro benzene ring substituents is 1. The van der Waals surface area contributed by atoms with Crippen molar-refractivity contribution in [2.75, 3.05) is 5.75 Å². The Bertz CT molecular complexity index is 1000. The zero-order valence-electron chi connectivity index (χ0n) is 13.0. The van der Waals surface area contributed by atoms with Crippen LogP contribution in [-0.2, 0) is 4.79 Å². The first-order valence-corrected chi connectivity index (χ1v) is 9.46. The molecule has 0 aliphatic heterocycles. The Balaban J connectivity index is 2.05. The number of halogens is 1. The van der Waals surface area contributed by atoms with E-state index in [1.165, 1.54) is 23.5 Å². The van der Waals surface area contributed by atoms with Crippen LogP contribution in [0.15, 0.2) is 42.5 Å². The maximum Gasteiger partial charge on any atom is 0.288 e. The fourth-order valence-corrected chi connectivity index (χ4v) is 4.22. The third kappa shape index (κ3) is 4.21. The Kier molecular flexibility index (Phi) is 5.55. The predicted molar refractivity (Wildman–Crippen MR) is 103 cm³/mol. The molecule has 0 atom stereocenters. The topological polar surface area (TPSA) is 96.2 Å². The van der Waals surface area contributed by atoms with Gasteiger partial charge in [0.15, 0.2) is 0 Å². The highest BCUT2D eigenvalue weighted by atomic mass is 35.5. The predicted octanol–water partition coefficient (Wildman–Crippen LogP) is 3.84. The number of rotatable bonds is 6. The number of nitro groups is 1. The Labute approximate surface area is 161 Å². The van der Waals surface area contributed by atoms with Gasteiger partial charge in [0.05, 0.1) is 21.1 Å². The standard InChI is InChI=1S/C17H11ClN2O4S2/c18-11-6-5-10(7-13(11)20(23)24)8-15(25-9-16(21)22)17-19-12-3-1-2-4-14(12)26-17/h1-8H,9H2,(H,21,22)/p-1/b15-8-. The molecule has 0 aliphatic rings. The first-order chi connectivity index (χ1) is 12.4. The average molecular weight is 406 g/mol. The van der Waals surface area contributed by atoms with Gasteiger partial charge in [-0.2, -0.15) is 0 Å². The SMILES string of the molecule is O=C([O-])CS/C(=C\c1ccc(Cl)c([N+](=O)[O-])c1)c1nc2ccccc2s1. The van der Waals surface area contributed by atoms with Crippen molar-refractivity contribution in [2.24, 2.45) is 0 Å². The van der Waals surface area contributed by atoms with E-state index in [0.717, 1.165) is 22.0 Å². The number of carboxylic acid groups (broad SMARTS) is 1. The molecule has 0 bridgehead atoms. The molecule has 0 radical (unpaired) electrons. The average Bonchev–Trinajstić information content (AvgIpc) is 3.03. The Morgan fingerprint density at radius 3 is 2.77 bits per heavy atom. The summed E-state index contributed by atoms with van der Waals surface area (Å²) in [6.07, 6.45) is 1.66. The molecule has 0 saturated heterocycles. The van der Waals surface area contributed by atoms with Crippen LogP contribution in [0.2, 0.25) is 5.02 Å². The fourth-order valence-electron chi connectivity index (χ4n) is 2.19. The molecule has 0 saturated carbocycles. The summed E-state index contributed by atoms with van der Waals surface area (Å²) in [5.41, 5.74) is 1.12. The number of aliphatic carboxylic acids is 1. The summed E-state index contributed by atoms with van der Waals surface area (Å²) in [5.74, 6) is -1.46. The van der Waals surface area contributed by atoms with Crippen molar-refractivity contribution in [1.29, 1.82) is 0 Å². The molecule has 0 aliphatic carbocycles. The molecule has 26 heavy (non-hydrogen) atoms. The van der Waals surface area contributed by atoms with E-state index in [9.17, 15) is 20.0 Å². The highest BCUT2D eigenvalue weighted by Gasteiger charge is 2.14. The molecule has 0 fully saturated rings. The monoisotopic (exact) mass is 405 g/mol. The Morgan fingerprint density at radius 1 is 1.31 bits per heavy atom. The summed E-state index contributed by atoms with van der Waals surface area (Å²) in [5, 5.41) is 22.6. The van der Waals surface area contributed by atoms with E-state index in [1.54, 1.807) is 12.1 Å². The zero-order valence-corrected chi connectivity index (χ0v) is 15.4. The van der Waals surface area contributed by atoms with Crippen molar-refractivity contribution in [3.8, 4) is 0 Å². The van der Waals surface area contributed by atoms with Crippen molar-refractivity contribution in [1.82, 2.24) is 4.98 Å². The van der Waals surface area contributed by atoms with Crippen LogP contribution in [0.1, 0.15) is 10.6 Å². The molecule has 1 aromatic heterocycles. The lowest BCUT2D eigenvalue weighted by Crippen LogP contribution is -2.24. The van der Waals surface area contributed by atoms with Crippen LogP contribution in [0.3, 0.4) is 0 Å². The summed E-state index contributed by atoms with van der Waals surface area (Å²) < 4.78 is 0.963. The molecule has 0 amide bonds. The Hall–Kier alpha value is -2.42. The number of carboxylic acids is 1. The van der Waals surface area contributed by atoms with Crippen molar-refractivity contribution >= 4 is 67.6 Å². The minimum Gasteiger partial charge on any atom is -0.549 e. The molecule has 3 rings (SSSR count). The van der Waals surface area contributed by atoms with Gasteiger partial charge in [-0.25, -0.2) is 4.98 Å². The number of thioether (sulfide) groups is 1. The van der Waals surface area contributed by atoms with Crippen molar-refractivity contribution in [2.45, 2.75) is 0 Å². The van der Waals surface area contributed by atoms with Gasteiger partial charge in [0.1, 0.15) is 10.0 Å². The van der Waals surface area contributed by atoms with E-state index >= 15 is 0 Å². The number of hydrogen-bond acceptors (Lipinski definition) is 7. The van der Waals surface area contributed by atoms with Crippen LogP contribution >= 0.6 is 34.7 Å². The van der Waals surface area contributed by atoms with Gasteiger partial charge < -0.3 is 9.90 Å². The van der Waals surface area contributed by atoms with Gasteiger partial charge in [0.25, 0.3) is 5.69 Å². The lowest BCUT2D eigenvalue weighted by atomic mass is 10.2. The van der Waals surface area contributed by atoms with Crippen LogP contribution in [0.5, 0.6) is 0 Å². The minimum absolute atomic E-state index is 0.0380. The molecule has 132 valence electrons. The molecule has 9 heteroatoms. The number of benzene rings is 2. The molecule has 6 nitrogen and oxygen atoms in total. The first kappa shape index (κ1) is 18.4. The number of nitrogens with zero attached hydrogens (tertiary/aromatic N) is 2. The van der Waals surface area contributed by atoms with E-state index in [1.807, 2.05) is 24.3 Å². The number of thiazole rings is 1. The molecule has 0 spiro atoms. The summed E-state index contributed by atoms with van der Waals surface area (Å²) in [7, 11) is 0. The van der Waals surface area contributed by atoms with E-state index in [0.29, 0.717) is 15.5 Å². The van der Waals surface area contributed by atoms with E-state index in [4.69, 9.17) is 11.6 Å². The molecular weight excluding hydrogens is 396 g/mol. The van der Waals surface area contributed by atoms with Gasteiger partial charge >= 0.3 is 0 Å². The molecule has 0 N–H and O–H groups in total. The maximum atomic E-state index is 11.1. The molecule has 3 aromatic rings. The maximum absolute atomic E-state index is 11.1. The number of aromatic nitrogens is 1. The van der Waals surface area contributed by atoms with Crippen LogP contribution in [0, 0.1) is 10.1 Å². The molecule has 1 heterocycles. The third-order valence-electron chi connectivity index (χ3n) is 3.31. The van der Waals surface area contributed by atoms with Gasteiger partial charge in [0.2, 0.25) is 0 Å². The largest absolute Gasteiger partial charge is 0.549 e. The second-order valence-corrected chi connectivity index (χ2v) is 7.58. The van der Waals surface area contributed by atoms with Crippen molar-refractivity contribution in [3.05, 3.63) is 68.2 Å². The zero-order chi connectivity index (χ0) is 18.7. The third-order valence-corrected chi connectivity index (χ3v) is 5.84. The summed E-state index contributed by atoms with van der Waals surface area (Å²) >= 11 is 8.31. The van der Waals surface area contributed by atoms with Crippen LogP contribution in [-0.4, -0.2) is 21.6 Å². The fraction of sp³-hybridized carbons (Fsp3) is 0.0588. The summed E-state index contributed by atoms with van der Waals surface area (Å²) in [4.78, 5) is 26.5. The highest BCUT2D eigenvalue weighted by molar-refractivity contribution is 8.09. The second-order valence-electron chi connectivity index (χ2n) is 5.12. The second kappa shape index (κ2) is 7.86. The highest BCUT2D eigenvalue weighted by Crippen LogP contribution is 2.36. The van der Waals surface area contributed by atoms with E-state index in [-0.39, 0.29) is 16.5 Å². The van der Waals surface area contributed by atoms with Gasteiger partial charge in [-0.05, 0) is 29.8 Å². The molecule has 2 aromatic carbocycles. The number of hydrogen-bond donors (Lipinski definition) is 0. The van der Waals surface area contributed by atoms with Crippen LogP contribution in [0.25, 0.3) is 21.2 Å². The first-order valence-electron chi connectivity index (χ1n) is 7.28. The smallest absolute Gasteiger partial charge is 0.288 e. The normalized spacial score (nSPS) is 11.7. The number of para-hydroxylation sites is 1. The molecule has 0 unspecified atom stereocenters. The van der Waals surface area contributed by atoms with Gasteiger partial charge in [-0.1, -0.05) is 29.8 Å².